The van der Waals surface area contributed by atoms with E-state index in [4.69, 9.17) is 0 Å². The molecule has 0 aromatic heterocycles. The summed E-state index contributed by atoms with van der Waals surface area (Å²) in [5, 5.41) is 3.09. The number of sulfone groups is 1. The molecule has 0 amide bonds. The van der Waals surface area contributed by atoms with Crippen LogP contribution >= 0.6 is 0 Å². The molecule has 1 aromatic carbocycles. The summed E-state index contributed by atoms with van der Waals surface area (Å²) >= 11 is 0. The number of nitrogens with one attached hydrogen (secondary N) is 1. The van der Waals surface area contributed by atoms with Crippen molar-refractivity contribution in [3.63, 3.8) is 0 Å². The van der Waals surface area contributed by atoms with Crippen molar-refractivity contribution in [3.8, 4) is 0 Å². The predicted molar refractivity (Wildman–Crippen MR) is 61.6 cm³/mol. The molecule has 84 valence electrons. The molecule has 0 heterocycles. The third-order valence-corrected chi connectivity index (χ3v) is 4.05. The van der Waals surface area contributed by atoms with E-state index in [0.29, 0.717) is 4.90 Å². The zero-order valence-electron chi connectivity index (χ0n) is 9.10. The standard InChI is InChI=1S/C11H17NO2S/c1-3-12-10(2)9-15(13,14)11-7-5-4-6-8-11/h4-8,10,12H,3,9H2,1-2H3. The maximum atomic E-state index is 11.9. The number of rotatable bonds is 5. The molecule has 0 spiro atoms. The minimum Gasteiger partial charge on any atom is -0.314 e. The molecule has 1 unspecified atom stereocenters. The lowest BCUT2D eigenvalue weighted by atomic mass is 10.4. The molecule has 1 N–H and O–H groups in total. The van der Waals surface area contributed by atoms with Gasteiger partial charge in [-0.1, -0.05) is 25.1 Å². The minimum absolute atomic E-state index is 0.0137. The van der Waals surface area contributed by atoms with Crippen molar-refractivity contribution in [3.05, 3.63) is 30.3 Å². The Labute approximate surface area is 91.4 Å². The molecule has 1 atom stereocenters. The Kier molecular flexibility index (Phi) is 4.29. The maximum absolute atomic E-state index is 11.9. The summed E-state index contributed by atoms with van der Waals surface area (Å²) in [5.74, 6) is 0.144. The summed E-state index contributed by atoms with van der Waals surface area (Å²) in [6.45, 7) is 4.63. The highest BCUT2D eigenvalue weighted by atomic mass is 32.2. The van der Waals surface area contributed by atoms with Gasteiger partial charge < -0.3 is 5.32 Å². The van der Waals surface area contributed by atoms with Gasteiger partial charge in [0, 0.05) is 6.04 Å². The Hall–Kier alpha value is -0.870. The highest BCUT2D eigenvalue weighted by Crippen LogP contribution is 2.10. The fourth-order valence-corrected chi connectivity index (χ4v) is 3.00. The molecule has 0 bridgehead atoms. The second kappa shape index (κ2) is 5.28. The molecule has 0 aliphatic heterocycles. The zero-order chi connectivity index (χ0) is 11.3. The Balaban J connectivity index is 2.77. The summed E-state index contributed by atoms with van der Waals surface area (Å²) in [5.41, 5.74) is 0. The number of benzene rings is 1. The highest BCUT2D eigenvalue weighted by Gasteiger charge is 2.17. The third kappa shape index (κ3) is 3.64. The van der Waals surface area contributed by atoms with Crippen LogP contribution in [0.2, 0.25) is 0 Å². The van der Waals surface area contributed by atoms with Crippen LogP contribution in [0.4, 0.5) is 0 Å². The van der Waals surface area contributed by atoms with Crippen LogP contribution in [0.25, 0.3) is 0 Å². The first kappa shape index (κ1) is 12.2. The molecular weight excluding hydrogens is 210 g/mol. The monoisotopic (exact) mass is 227 g/mol. The Morgan fingerprint density at radius 3 is 2.40 bits per heavy atom. The first-order chi connectivity index (χ1) is 7.06. The van der Waals surface area contributed by atoms with Gasteiger partial charge in [0.15, 0.2) is 9.84 Å². The molecule has 4 heteroatoms. The van der Waals surface area contributed by atoms with Gasteiger partial charge in [0.1, 0.15) is 0 Å². The zero-order valence-corrected chi connectivity index (χ0v) is 9.92. The topological polar surface area (TPSA) is 46.2 Å². The minimum atomic E-state index is -3.14. The van der Waals surface area contributed by atoms with Gasteiger partial charge in [-0.25, -0.2) is 8.42 Å². The van der Waals surface area contributed by atoms with E-state index in [1.807, 2.05) is 19.9 Å². The van der Waals surface area contributed by atoms with E-state index >= 15 is 0 Å². The van der Waals surface area contributed by atoms with E-state index in [1.54, 1.807) is 24.3 Å². The number of hydrogen-bond donors (Lipinski definition) is 1. The second-order valence-electron chi connectivity index (χ2n) is 3.55. The molecule has 0 aliphatic carbocycles. The van der Waals surface area contributed by atoms with Gasteiger partial charge in [-0.05, 0) is 25.6 Å². The van der Waals surface area contributed by atoms with Crippen molar-refractivity contribution in [2.45, 2.75) is 24.8 Å². The molecule has 0 saturated heterocycles. The molecule has 15 heavy (non-hydrogen) atoms. The molecule has 0 radical (unpaired) electrons. The maximum Gasteiger partial charge on any atom is 0.179 e. The average Bonchev–Trinajstić information content (AvgIpc) is 2.18. The summed E-state index contributed by atoms with van der Waals surface area (Å²) in [6.07, 6.45) is 0. The lowest BCUT2D eigenvalue weighted by molar-refractivity contribution is 0.566. The van der Waals surface area contributed by atoms with E-state index < -0.39 is 9.84 Å². The SMILES string of the molecule is CCNC(C)CS(=O)(=O)c1ccccc1. The summed E-state index contributed by atoms with van der Waals surface area (Å²) in [6, 6.07) is 8.55. The fourth-order valence-electron chi connectivity index (χ4n) is 1.46. The normalized spacial score (nSPS) is 13.7. The average molecular weight is 227 g/mol. The lowest BCUT2D eigenvalue weighted by Gasteiger charge is -2.12. The van der Waals surface area contributed by atoms with Gasteiger partial charge in [0.25, 0.3) is 0 Å². The third-order valence-electron chi connectivity index (χ3n) is 2.12. The van der Waals surface area contributed by atoms with Crippen molar-refractivity contribution in [1.29, 1.82) is 0 Å². The van der Waals surface area contributed by atoms with Gasteiger partial charge in [-0.3, -0.25) is 0 Å². The van der Waals surface area contributed by atoms with Crippen LogP contribution in [-0.4, -0.2) is 26.8 Å². The molecule has 0 fully saturated rings. The van der Waals surface area contributed by atoms with Crippen molar-refractivity contribution in [1.82, 2.24) is 5.32 Å². The second-order valence-corrected chi connectivity index (χ2v) is 5.59. The first-order valence-electron chi connectivity index (χ1n) is 5.07. The summed E-state index contributed by atoms with van der Waals surface area (Å²) < 4.78 is 23.8. The van der Waals surface area contributed by atoms with Gasteiger partial charge in [-0.15, -0.1) is 0 Å². The van der Waals surface area contributed by atoms with Gasteiger partial charge in [0.05, 0.1) is 10.6 Å². The van der Waals surface area contributed by atoms with E-state index in [9.17, 15) is 8.42 Å². The van der Waals surface area contributed by atoms with Crippen LogP contribution in [0.3, 0.4) is 0 Å². The van der Waals surface area contributed by atoms with E-state index in [1.165, 1.54) is 0 Å². The molecule has 0 saturated carbocycles. The molecule has 0 aliphatic rings. The Morgan fingerprint density at radius 2 is 1.87 bits per heavy atom. The molecule has 3 nitrogen and oxygen atoms in total. The number of hydrogen-bond acceptors (Lipinski definition) is 3. The van der Waals surface area contributed by atoms with Crippen LogP contribution in [0.15, 0.2) is 35.2 Å². The van der Waals surface area contributed by atoms with Crippen LogP contribution in [0.1, 0.15) is 13.8 Å². The van der Waals surface area contributed by atoms with Crippen molar-refractivity contribution in [2.24, 2.45) is 0 Å². The van der Waals surface area contributed by atoms with Crippen LogP contribution in [-0.2, 0) is 9.84 Å². The van der Waals surface area contributed by atoms with E-state index in [2.05, 4.69) is 5.32 Å². The fraction of sp³-hybridized carbons (Fsp3) is 0.455. The lowest BCUT2D eigenvalue weighted by Crippen LogP contribution is -2.32. The van der Waals surface area contributed by atoms with Crippen molar-refractivity contribution < 1.29 is 8.42 Å². The molecule has 1 rings (SSSR count). The van der Waals surface area contributed by atoms with Gasteiger partial charge in [-0.2, -0.15) is 0 Å². The summed E-state index contributed by atoms with van der Waals surface area (Å²) in [4.78, 5) is 0.398. The van der Waals surface area contributed by atoms with Gasteiger partial charge in [0.2, 0.25) is 0 Å². The quantitative estimate of drug-likeness (QED) is 0.828. The van der Waals surface area contributed by atoms with Crippen molar-refractivity contribution in [2.75, 3.05) is 12.3 Å². The van der Waals surface area contributed by atoms with Gasteiger partial charge >= 0.3 is 0 Å². The predicted octanol–water partition coefficient (Wildman–Crippen LogP) is 1.46. The smallest absolute Gasteiger partial charge is 0.179 e. The van der Waals surface area contributed by atoms with E-state index in [0.717, 1.165) is 6.54 Å². The largest absolute Gasteiger partial charge is 0.314 e. The molecule has 1 aromatic rings. The van der Waals surface area contributed by atoms with E-state index in [-0.39, 0.29) is 11.8 Å². The Bertz CT molecular complexity index is 386. The molecular formula is C11H17NO2S. The first-order valence-corrected chi connectivity index (χ1v) is 6.72. The highest BCUT2D eigenvalue weighted by molar-refractivity contribution is 7.91. The van der Waals surface area contributed by atoms with Crippen LogP contribution < -0.4 is 5.32 Å². The van der Waals surface area contributed by atoms with Crippen molar-refractivity contribution >= 4 is 9.84 Å². The summed E-state index contributed by atoms with van der Waals surface area (Å²) in [7, 11) is -3.14. The van der Waals surface area contributed by atoms with Crippen LogP contribution in [0, 0.1) is 0 Å². The van der Waals surface area contributed by atoms with Crippen LogP contribution in [0.5, 0.6) is 0 Å². The Morgan fingerprint density at radius 1 is 1.27 bits per heavy atom.